The van der Waals surface area contributed by atoms with Crippen LogP contribution in [-0.2, 0) is 35.1 Å². The van der Waals surface area contributed by atoms with Gasteiger partial charge >= 0.3 is 10.4 Å². The van der Waals surface area contributed by atoms with Gasteiger partial charge < -0.3 is 20.4 Å². The van der Waals surface area contributed by atoms with Crippen LogP contribution in [0.25, 0.3) is 0 Å². The van der Waals surface area contributed by atoms with Crippen LogP contribution in [0.1, 0.15) is 33.6 Å². The number of aromatic hydroxyl groups is 2. The Balaban J connectivity index is 0.000000749. The standard InChI is InChI=1S/C16H20N2O4S2.H2O4S/c1-9-15(21)13(5-19)11(3-17-9)7-23-24-8-12-4-18-10(2)16(22)14(12)6-20;1-5(2,3)4/h3-4,19-22H,5-8H2,1-2H3;(H2,1,2,3,4). The van der Waals surface area contributed by atoms with E-state index in [0.29, 0.717) is 34.0 Å². The van der Waals surface area contributed by atoms with E-state index in [9.17, 15) is 20.4 Å². The molecule has 2 aromatic heterocycles. The number of aliphatic hydroxyl groups excluding tert-OH is 2. The van der Waals surface area contributed by atoms with Crippen molar-refractivity contribution in [2.45, 2.75) is 38.6 Å². The topological polar surface area (TPSA) is 181 Å². The second kappa shape index (κ2) is 11.5. The van der Waals surface area contributed by atoms with Crippen molar-refractivity contribution in [1.29, 1.82) is 0 Å². The number of hydrogen-bond donors (Lipinski definition) is 6. The monoisotopic (exact) mass is 466 g/mol. The normalized spacial score (nSPS) is 11.1. The number of nitrogens with zero attached hydrogens (tertiary/aromatic N) is 2. The van der Waals surface area contributed by atoms with Crippen molar-refractivity contribution in [3.05, 3.63) is 46.0 Å². The van der Waals surface area contributed by atoms with Gasteiger partial charge in [0.05, 0.1) is 24.6 Å². The summed E-state index contributed by atoms with van der Waals surface area (Å²) in [6.45, 7) is 2.90. The van der Waals surface area contributed by atoms with Crippen molar-refractivity contribution >= 4 is 32.0 Å². The molecule has 10 nitrogen and oxygen atoms in total. The lowest BCUT2D eigenvalue weighted by Crippen LogP contribution is -1.98. The fourth-order valence-electron chi connectivity index (χ4n) is 2.18. The Labute approximate surface area is 176 Å². The summed E-state index contributed by atoms with van der Waals surface area (Å²) < 4.78 is 31.6. The first kappa shape index (κ1) is 25.4. The van der Waals surface area contributed by atoms with Gasteiger partial charge in [0.2, 0.25) is 0 Å². The highest BCUT2D eigenvalue weighted by atomic mass is 33.1. The molecule has 0 aliphatic carbocycles. The minimum atomic E-state index is -4.67. The molecule has 0 atom stereocenters. The smallest absolute Gasteiger partial charge is 0.394 e. The zero-order chi connectivity index (χ0) is 22.2. The van der Waals surface area contributed by atoms with Crippen LogP contribution < -0.4 is 0 Å². The Morgan fingerprint density at radius 2 is 1.14 bits per heavy atom. The van der Waals surface area contributed by atoms with Gasteiger partial charge in [-0.15, -0.1) is 0 Å². The summed E-state index contributed by atoms with van der Waals surface area (Å²) >= 11 is 0. The maximum atomic E-state index is 9.94. The van der Waals surface area contributed by atoms with Gasteiger partial charge in [0.1, 0.15) is 11.5 Å². The molecule has 0 spiro atoms. The maximum Gasteiger partial charge on any atom is 0.394 e. The van der Waals surface area contributed by atoms with Gasteiger partial charge in [-0.1, -0.05) is 21.6 Å². The molecule has 29 heavy (non-hydrogen) atoms. The highest BCUT2D eigenvalue weighted by molar-refractivity contribution is 8.76. The Bertz CT molecular complexity index is 869. The van der Waals surface area contributed by atoms with Crippen LogP contribution in [0, 0.1) is 13.8 Å². The zero-order valence-corrected chi connectivity index (χ0v) is 18.1. The fraction of sp³-hybridized carbons (Fsp3) is 0.375. The molecule has 0 aromatic carbocycles. The lowest BCUT2D eigenvalue weighted by molar-refractivity contribution is 0.273. The van der Waals surface area contributed by atoms with Gasteiger partial charge in [-0.2, -0.15) is 8.42 Å². The van der Waals surface area contributed by atoms with Gasteiger partial charge in [0.15, 0.2) is 0 Å². The Hall–Kier alpha value is -1.61. The Morgan fingerprint density at radius 1 is 0.828 bits per heavy atom. The van der Waals surface area contributed by atoms with E-state index in [2.05, 4.69) is 9.97 Å². The molecule has 0 radical (unpaired) electrons. The summed E-state index contributed by atoms with van der Waals surface area (Å²) in [5.41, 5.74) is 3.56. The van der Waals surface area contributed by atoms with Crippen molar-refractivity contribution in [3.8, 4) is 11.5 Å². The van der Waals surface area contributed by atoms with Crippen molar-refractivity contribution < 1.29 is 37.9 Å². The second-order valence-electron chi connectivity index (χ2n) is 5.68. The second-order valence-corrected chi connectivity index (χ2v) is 9.04. The third kappa shape index (κ3) is 8.34. The van der Waals surface area contributed by atoms with Crippen molar-refractivity contribution in [2.24, 2.45) is 0 Å². The number of rotatable bonds is 7. The number of aryl methyl sites for hydroxylation is 2. The summed E-state index contributed by atoms with van der Waals surface area (Å²) in [5, 5.41) is 38.7. The van der Waals surface area contributed by atoms with Gasteiger partial charge in [-0.25, -0.2) is 0 Å². The summed E-state index contributed by atoms with van der Waals surface area (Å²) in [5.74, 6) is 1.22. The molecule has 0 saturated carbocycles. The van der Waals surface area contributed by atoms with E-state index in [1.165, 1.54) is 21.6 Å². The van der Waals surface area contributed by atoms with Crippen LogP contribution in [0.2, 0.25) is 0 Å². The Morgan fingerprint density at radius 3 is 1.41 bits per heavy atom. The SMILES string of the molecule is Cc1ncc(CSSCc2cnc(C)c(O)c2CO)c(CO)c1O.O=S(=O)(O)O. The van der Waals surface area contributed by atoms with Crippen LogP contribution in [0.4, 0.5) is 0 Å². The van der Waals surface area contributed by atoms with E-state index < -0.39 is 10.4 Å². The number of pyridine rings is 2. The number of aliphatic hydroxyl groups is 2. The molecule has 0 unspecified atom stereocenters. The fourth-order valence-corrected chi connectivity index (χ4v) is 4.36. The quantitative estimate of drug-likeness (QED) is 0.198. The summed E-state index contributed by atoms with van der Waals surface area (Å²) in [6, 6.07) is 0. The van der Waals surface area contributed by atoms with Gasteiger partial charge in [-0.05, 0) is 25.0 Å². The van der Waals surface area contributed by atoms with Crippen LogP contribution in [-0.4, -0.2) is 47.9 Å². The number of hydrogen-bond acceptors (Lipinski definition) is 10. The third-order valence-electron chi connectivity index (χ3n) is 3.69. The molecule has 0 aliphatic rings. The molecule has 0 amide bonds. The van der Waals surface area contributed by atoms with Crippen molar-refractivity contribution in [3.63, 3.8) is 0 Å². The predicted octanol–water partition coefficient (Wildman–Crippen LogP) is 1.92. The molecule has 162 valence electrons. The van der Waals surface area contributed by atoms with Crippen LogP contribution >= 0.6 is 21.6 Å². The summed E-state index contributed by atoms with van der Waals surface area (Å²) in [7, 11) is -1.59. The molecule has 0 saturated heterocycles. The molecular formula is C16H22N2O8S3. The highest BCUT2D eigenvalue weighted by Crippen LogP contribution is 2.35. The minimum Gasteiger partial charge on any atom is -0.506 e. The molecule has 6 N–H and O–H groups in total. The van der Waals surface area contributed by atoms with Gasteiger partial charge in [0, 0.05) is 35.0 Å². The van der Waals surface area contributed by atoms with E-state index in [1.807, 2.05) is 0 Å². The molecule has 0 fully saturated rings. The van der Waals surface area contributed by atoms with E-state index in [-0.39, 0.29) is 24.7 Å². The third-order valence-corrected chi connectivity index (χ3v) is 5.92. The molecule has 2 heterocycles. The average molecular weight is 467 g/mol. The zero-order valence-electron chi connectivity index (χ0n) is 15.6. The first-order chi connectivity index (χ1) is 13.5. The number of aromatic nitrogens is 2. The average Bonchev–Trinajstić information content (AvgIpc) is 2.63. The van der Waals surface area contributed by atoms with Crippen molar-refractivity contribution in [2.75, 3.05) is 0 Å². The minimum absolute atomic E-state index is 0.0378. The van der Waals surface area contributed by atoms with Crippen LogP contribution in [0.3, 0.4) is 0 Å². The molecule has 13 heteroatoms. The van der Waals surface area contributed by atoms with E-state index in [1.54, 1.807) is 26.2 Å². The first-order valence-corrected chi connectivity index (χ1v) is 11.9. The molecule has 0 aliphatic heterocycles. The first-order valence-electron chi connectivity index (χ1n) is 7.98. The lowest BCUT2D eigenvalue weighted by Gasteiger charge is -2.12. The molecule has 0 bridgehead atoms. The van der Waals surface area contributed by atoms with Gasteiger partial charge in [-0.3, -0.25) is 19.1 Å². The van der Waals surface area contributed by atoms with Crippen LogP contribution in [0.5, 0.6) is 11.5 Å². The molecule has 2 rings (SSSR count). The van der Waals surface area contributed by atoms with E-state index in [0.717, 1.165) is 11.1 Å². The van der Waals surface area contributed by atoms with Gasteiger partial charge in [0.25, 0.3) is 0 Å². The van der Waals surface area contributed by atoms with Crippen LogP contribution in [0.15, 0.2) is 12.4 Å². The summed E-state index contributed by atoms with van der Waals surface area (Å²) in [6.07, 6.45) is 3.32. The molecule has 2 aromatic rings. The Kier molecular flexibility index (Phi) is 10.1. The van der Waals surface area contributed by atoms with E-state index >= 15 is 0 Å². The van der Waals surface area contributed by atoms with E-state index in [4.69, 9.17) is 17.5 Å². The largest absolute Gasteiger partial charge is 0.506 e. The lowest BCUT2D eigenvalue weighted by atomic mass is 10.1. The molecular weight excluding hydrogens is 444 g/mol. The highest BCUT2D eigenvalue weighted by Gasteiger charge is 2.13. The summed E-state index contributed by atoms with van der Waals surface area (Å²) in [4.78, 5) is 8.23. The van der Waals surface area contributed by atoms with Crippen molar-refractivity contribution in [1.82, 2.24) is 9.97 Å². The maximum absolute atomic E-state index is 9.94. The predicted molar refractivity (Wildman–Crippen MR) is 110 cm³/mol.